The number of alkyl halides is 3. The zero-order valence-electron chi connectivity index (χ0n) is 17.8. The lowest BCUT2D eigenvalue weighted by Gasteiger charge is -2.19. The monoisotopic (exact) mass is 503 g/mol. The fourth-order valence-corrected chi connectivity index (χ4v) is 4.27. The maximum Gasteiger partial charge on any atom is 0.416 e. The smallest absolute Gasteiger partial charge is 0.416 e. The number of nitrogens with one attached hydrogen (secondary N) is 2. The number of amides is 1. The maximum atomic E-state index is 13.3. The molecule has 5 rings (SSSR count). The minimum Gasteiger partial charge on any atom is -0.486 e. The van der Waals surface area contributed by atoms with Gasteiger partial charge in [0.15, 0.2) is 22.3 Å². The van der Waals surface area contributed by atoms with Crippen LogP contribution in [0.2, 0.25) is 0 Å². The second-order valence-corrected chi connectivity index (χ2v) is 8.35. The molecule has 0 atom stereocenters. The van der Waals surface area contributed by atoms with Gasteiger partial charge in [0.25, 0.3) is 5.56 Å². The van der Waals surface area contributed by atoms with Gasteiger partial charge >= 0.3 is 6.18 Å². The number of ether oxygens (including phenoxy) is 2. The number of aromatic amines is 1. The fraction of sp³-hybridized carbons (Fsp3) is 0.182. The SMILES string of the molecule is O=C(CSc1nc2[nH]ncc2c(=O)n1-c1cccc(C(F)(F)F)c1)Nc1ccc2c(c1)OCCO2. The third-order valence-electron chi connectivity index (χ3n) is 5.04. The predicted molar refractivity (Wildman–Crippen MR) is 121 cm³/mol. The molecule has 2 aromatic carbocycles. The number of benzene rings is 2. The van der Waals surface area contributed by atoms with Crippen molar-refractivity contribution in [2.24, 2.45) is 0 Å². The predicted octanol–water partition coefficient (Wildman–Crippen LogP) is 3.63. The topological polar surface area (TPSA) is 111 Å². The van der Waals surface area contributed by atoms with Gasteiger partial charge in [-0.05, 0) is 30.3 Å². The van der Waals surface area contributed by atoms with E-state index in [9.17, 15) is 22.8 Å². The van der Waals surface area contributed by atoms with Crippen LogP contribution in [0.15, 0.2) is 58.6 Å². The van der Waals surface area contributed by atoms with Crippen molar-refractivity contribution in [2.75, 3.05) is 24.3 Å². The van der Waals surface area contributed by atoms with E-state index in [0.717, 1.165) is 28.5 Å². The molecule has 35 heavy (non-hydrogen) atoms. The quantitative estimate of drug-likeness (QED) is 0.316. The van der Waals surface area contributed by atoms with Gasteiger partial charge in [-0.3, -0.25) is 19.3 Å². The standard InChI is InChI=1S/C22H16F3N5O4S/c23-22(24,25)12-2-1-3-14(8-12)30-20(32)15-10-26-29-19(15)28-21(30)35-11-18(31)27-13-4-5-16-17(9-13)34-7-6-33-16/h1-5,8-10H,6-7,11H2,(H,26,29)(H,27,31). The highest BCUT2D eigenvalue weighted by atomic mass is 32.2. The molecular formula is C22H16F3N5O4S. The van der Waals surface area contributed by atoms with Gasteiger partial charge in [0, 0.05) is 11.8 Å². The fourth-order valence-electron chi connectivity index (χ4n) is 3.47. The van der Waals surface area contributed by atoms with E-state index >= 15 is 0 Å². The number of fused-ring (bicyclic) bond motifs is 2. The Morgan fingerprint density at radius 3 is 2.74 bits per heavy atom. The largest absolute Gasteiger partial charge is 0.486 e. The molecule has 2 aromatic heterocycles. The Kier molecular flexibility index (Phi) is 5.84. The highest BCUT2D eigenvalue weighted by molar-refractivity contribution is 7.99. The number of thioether (sulfide) groups is 1. The Hall–Kier alpha value is -4.00. The van der Waals surface area contributed by atoms with Crippen molar-refractivity contribution in [3.63, 3.8) is 0 Å². The molecular weight excluding hydrogens is 487 g/mol. The number of aromatic nitrogens is 4. The Balaban J connectivity index is 1.42. The van der Waals surface area contributed by atoms with Gasteiger partial charge in [-0.2, -0.15) is 18.3 Å². The Bertz CT molecular complexity index is 1480. The van der Waals surface area contributed by atoms with E-state index in [1.165, 1.54) is 18.3 Å². The first-order valence-electron chi connectivity index (χ1n) is 10.3. The van der Waals surface area contributed by atoms with Gasteiger partial charge in [-0.25, -0.2) is 4.98 Å². The molecule has 0 bridgehead atoms. The number of halogens is 3. The van der Waals surface area contributed by atoms with Crippen molar-refractivity contribution >= 4 is 34.4 Å². The normalized spacial score (nSPS) is 13.1. The van der Waals surface area contributed by atoms with Crippen LogP contribution < -0.4 is 20.3 Å². The molecule has 4 aromatic rings. The molecule has 1 aliphatic heterocycles. The zero-order chi connectivity index (χ0) is 24.6. The van der Waals surface area contributed by atoms with Crippen molar-refractivity contribution in [1.29, 1.82) is 0 Å². The van der Waals surface area contributed by atoms with Crippen molar-refractivity contribution in [3.05, 3.63) is 64.6 Å². The summed E-state index contributed by atoms with van der Waals surface area (Å²) in [6.45, 7) is 0.839. The van der Waals surface area contributed by atoms with E-state index in [-0.39, 0.29) is 27.6 Å². The highest BCUT2D eigenvalue weighted by Gasteiger charge is 2.31. The summed E-state index contributed by atoms with van der Waals surface area (Å²) in [7, 11) is 0. The molecule has 13 heteroatoms. The summed E-state index contributed by atoms with van der Waals surface area (Å²) in [5, 5.41) is 9.22. The number of rotatable bonds is 5. The van der Waals surface area contributed by atoms with E-state index in [0.29, 0.717) is 30.4 Å². The molecule has 3 heterocycles. The van der Waals surface area contributed by atoms with Crippen molar-refractivity contribution < 1.29 is 27.4 Å². The summed E-state index contributed by atoms with van der Waals surface area (Å²) in [5.41, 5.74) is -0.922. The Labute approximate surface area is 199 Å². The van der Waals surface area contributed by atoms with Crippen LogP contribution in [0, 0.1) is 0 Å². The highest BCUT2D eigenvalue weighted by Crippen LogP contribution is 2.33. The first-order valence-corrected chi connectivity index (χ1v) is 11.2. The molecule has 0 saturated heterocycles. The molecule has 180 valence electrons. The molecule has 0 saturated carbocycles. The van der Waals surface area contributed by atoms with E-state index in [1.807, 2.05) is 0 Å². The molecule has 0 spiro atoms. The van der Waals surface area contributed by atoms with Crippen LogP contribution in [0.1, 0.15) is 5.56 Å². The number of H-pyrrole nitrogens is 1. The van der Waals surface area contributed by atoms with Crippen LogP contribution in [-0.4, -0.2) is 44.6 Å². The number of carbonyl (C=O) groups is 1. The van der Waals surface area contributed by atoms with Crippen LogP contribution in [0.25, 0.3) is 16.7 Å². The van der Waals surface area contributed by atoms with Gasteiger partial charge in [0.05, 0.1) is 23.2 Å². The number of carbonyl (C=O) groups excluding carboxylic acids is 1. The summed E-state index contributed by atoms with van der Waals surface area (Å²) < 4.78 is 51.8. The molecule has 0 radical (unpaired) electrons. The van der Waals surface area contributed by atoms with E-state index in [1.54, 1.807) is 18.2 Å². The molecule has 9 nitrogen and oxygen atoms in total. The molecule has 1 amide bonds. The van der Waals surface area contributed by atoms with Gasteiger partial charge in [-0.1, -0.05) is 17.8 Å². The average molecular weight is 503 g/mol. The minimum absolute atomic E-state index is 0.0309. The lowest BCUT2D eigenvalue weighted by atomic mass is 10.2. The molecule has 0 aliphatic carbocycles. The Morgan fingerprint density at radius 2 is 1.94 bits per heavy atom. The van der Waals surface area contributed by atoms with Crippen LogP contribution in [0.4, 0.5) is 18.9 Å². The summed E-state index contributed by atoms with van der Waals surface area (Å²) in [6.07, 6.45) is -3.35. The second-order valence-electron chi connectivity index (χ2n) is 7.41. The van der Waals surface area contributed by atoms with Crippen molar-refractivity contribution in [2.45, 2.75) is 11.3 Å². The third-order valence-corrected chi connectivity index (χ3v) is 5.98. The zero-order valence-corrected chi connectivity index (χ0v) is 18.6. The maximum absolute atomic E-state index is 13.3. The number of nitrogens with zero attached hydrogens (tertiary/aromatic N) is 3. The van der Waals surface area contributed by atoms with Gasteiger partial charge in [0.2, 0.25) is 5.91 Å². The van der Waals surface area contributed by atoms with Gasteiger partial charge in [-0.15, -0.1) is 0 Å². The first-order chi connectivity index (χ1) is 16.8. The Morgan fingerprint density at radius 1 is 1.14 bits per heavy atom. The first kappa shape index (κ1) is 22.8. The molecule has 0 fully saturated rings. The van der Waals surface area contributed by atoms with E-state index < -0.39 is 23.2 Å². The lowest BCUT2D eigenvalue weighted by molar-refractivity contribution is -0.137. The van der Waals surface area contributed by atoms with Crippen LogP contribution >= 0.6 is 11.8 Å². The number of anilines is 1. The van der Waals surface area contributed by atoms with Crippen LogP contribution in [-0.2, 0) is 11.0 Å². The van der Waals surface area contributed by atoms with Crippen molar-refractivity contribution in [1.82, 2.24) is 19.7 Å². The second kappa shape index (κ2) is 8.98. The van der Waals surface area contributed by atoms with Gasteiger partial charge in [0.1, 0.15) is 18.6 Å². The summed E-state index contributed by atoms with van der Waals surface area (Å²) in [4.78, 5) is 30.0. The minimum atomic E-state index is -4.59. The summed E-state index contributed by atoms with van der Waals surface area (Å²) in [6, 6.07) is 9.29. The van der Waals surface area contributed by atoms with Crippen LogP contribution in [0.3, 0.4) is 0 Å². The lowest BCUT2D eigenvalue weighted by Crippen LogP contribution is -2.23. The summed E-state index contributed by atoms with van der Waals surface area (Å²) in [5.74, 6) is 0.498. The third kappa shape index (κ3) is 4.67. The molecule has 2 N–H and O–H groups in total. The number of hydrogen-bond acceptors (Lipinski definition) is 7. The van der Waals surface area contributed by atoms with Crippen molar-refractivity contribution in [3.8, 4) is 17.2 Å². The molecule has 0 unspecified atom stereocenters. The average Bonchev–Trinajstić information content (AvgIpc) is 3.31. The van der Waals surface area contributed by atoms with E-state index in [2.05, 4.69) is 20.5 Å². The van der Waals surface area contributed by atoms with Gasteiger partial charge < -0.3 is 14.8 Å². The molecule has 1 aliphatic rings. The van der Waals surface area contributed by atoms with E-state index in [4.69, 9.17) is 9.47 Å². The van der Waals surface area contributed by atoms with Crippen LogP contribution in [0.5, 0.6) is 11.5 Å². The summed E-state index contributed by atoms with van der Waals surface area (Å²) >= 11 is 0.899. The number of hydrogen-bond donors (Lipinski definition) is 2.